The maximum absolute atomic E-state index is 5.63. The molecular formula is C20H30O. The van der Waals surface area contributed by atoms with E-state index in [1.807, 2.05) is 0 Å². The molecule has 2 fully saturated rings. The molecule has 2 aliphatic rings. The van der Waals surface area contributed by atoms with Gasteiger partial charge in [0, 0.05) is 0 Å². The topological polar surface area (TPSA) is 9.23 Å². The van der Waals surface area contributed by atoms with Crippen LogP contribution < -0.4 is 4.74 Å². The summed E-state index contributed by atoms with van der Waals surface area (Å²) in [5.74, 6) is 1.94. The van der Waals surface area contributed by atoms with Gasteiger partial charge in [0.2, 0.25) is 0 Å². The monoisotopic (exact) mass is 286 g/mol. The van der Waals surface area contributed by atoms with Crippen LogP contribution in [0.4, 0.5) is 0 Å². The minimum Gasteiger partial charge on any atom is -0.494 e. The smallest absolute Gasteiger partial charge is 0.119 e. The van der Waals surface area contributed by atoms with Crippen molar-refractivity contribution in [2.24, 2.45) is 5.92 Å². The third-order valence-corrected chi connectivity index (χ3v) is 5.87. The average Bonchev–Trinajstić information content (AvgIpc) is 2.57. The standard InChI is InChI=1S/C20H30O/c1-2-21-19-13-11-18(12-14-19)20(15-7-4-8-16-20)17-9-5-3-6-10-17/h11-14,17H,2-10,15-16H2,1H3. The van der Waals surface area contributed by atoms with Crippen molar-refractivity contribution in [3.8, 4) is 5.75 Å². The zero-order valence-corrected chi connectivity index (χ0v) is 13.6. The molecule has 0 aromatic heterocycles. The van der Waals surface area contributed by atoms with Gasteiger partial charge in [0.15, 0.2) is 0 Å². The van der Waals surface area contributed by atoms with Crippen molar-refractivity contribution in [2.45, 2.75) is 76.5 Å². The molecule has 0 unspecified atom stereocenters. The molecule has 21 heavy (non-hydrogen) atoms. The van der Waals surface area contributed by atoms with Crippen LogP contribution in [0.25, 0.3) is 0 Å². The minimum atomic E-state index is 0.476. The molecule has 1 heteroatoms. The summed E-state index contributed by atoms with van der Waals surface area (Å²) in [5.41, 5.74) is 2.07. The van der Waals surface area contributed by atoms with E-state index in [4.69, 9.17) is 4.74 Å². The molecule has 0 spiro atoms. The molecule has 0 bridgehead atoms. The number of rotatable bonds is 4. The van der Waals surface area contributed by atoms with Crippen molar-refractivity contribution in [1.29, 1.82) is 0 Å². The highest BCUT2D eigenvalue weighted by atomic mass is 16.5. The van der Waals surface area contributed by atoms with Crippen LogP contribution in [0.3, 0.4) is 0 Å². The summed E-state index contributed by atoms with van der Waals surface area (Å²) in [6.45, 7) is 2.81. The third-order valence-electron chi connectivity index (χ3n) is 5.87. The van der Waals surface area contributed by atoms with Gasteiger partial charge in [0.25, 0.3) is 0 Å². The summed E-state index contributed by atoms with van der Waals surface area (Å²) in [4.78, 5) is 0. The van der Waals surface area contributed by atoms with Crippen LogP contribution in [0.2, 0.25) is 0 Å². The lowest BCUT2D eigenvalue weighted by atomic mass is 9.58. The van der Waals surface area contributed by atoms with Crippen LogP contribution in [0.15, 0.2) is 24.3 Å². The van der Waals surface area contributed by atoms with Gasteiger partial charge in [-0.05, 0) is 61.6 Å². The van der Waals surface area contributed by atoms with Crippen molar-refractivity contribution in [1.82, 2.24) is 0 Å². The summed E-state index contributed by atoms with van der Waals surface area (Å²) >= 11 is 0. The van der Waals surface area contributed by atoms with E-state index in [2.05, 4.69) is 31.2 Å². The van der Waals surface area contributed by atoms with E-state index < -0.39 is 0 Å². The molecule has 1 aromatic rings. The fourth-order valence-electron chi connectivity index (χ4n) is 4.82. The van der Waals surface area contributed by atoms with Crippen molar-refractivity contribution in [3.63, 3.8) is 0 Å². The first-order chi connectivity index (χ1) is 10.3. The Labute approximate surface area is 130 Å². The molecule has 0 heterocycles. The summed E-state index contributed by atoms with van der Waals surface area (Å²) in [6, 6.07) is 9.12. The van der Waals surface area contributed by atoms with Crippen LogP contribution >= 0.6 is 0 Å². The molecule has 116 valence electrons. The molecule has 3 rings (SSSR count). The Kier molecular flexibility index (Phi) is 4.87. The van der Waals surface area contributed by atoms with E-state index in [1.165, 1.54) is 64.2 Å². The van der Waals surface area contributed by atoms with Crippen LogP contribution in [0.5, 0.6) is 5.75 Å². The molecular weight excluding hydrogens is 256 g/mol. The number of benzene rings is 1. The van der Waals surface area contributed by atoms with E-state index in [0.29, 0.717) is 5.41 Å². The molecule has 1 nitrogen and oxygen atoms in total. The van der Waals surface area contributed by atoms with Gasteiger partial charge in [0.05, 0.1) is 6.61 Å². The predicted molar refractivity (Wildman–Crippen MR) is 88.9 cm³/mol. The van der Waals surface area contributed by atoms with E-state index in [9.17, 15) is 0 Å². The molecule has 2 aliphatic carbocycles. The second-order valence-corrected chi connectivity index (χ2v) is 7.01. The molecule has 0 N–H and O–H groups in total. The lowest BCUT2D eigenvalue weighted by Crippen LogP contribution is -2.38. The highest BCUT2D eigenvalue weighted by Crippen LogP contribution is 2.50. The summed E-state index contributed by atoms with van der Waals surface area (Å²) in [5, 5.41) is 0. The Morgan fingerprint density at radius 3 is 2.14 bits per heavy atom. The van der Waals surface area contributed by atoms with E-state index in [1.54, 1.807) is 5.56 Å². The van der Waals surface area contributed by atoms with Gasteiger partial charge in [-0.2, -0.15) is 0 Å². The van der Waals surface area contributed by atoms with Crippen molar-refractivity contribution >= 4 is 0 Å². The lowest BCUT2D eigenvalue weighted by Gasteiger charge is -2.46. The first kappa shape index (κ1) is 14.9. The van der Waals surface area contributed by atoms with Gasteiger partial charge < -0.3 is 4.74 Å². The molecule has 2 saturated carbocycles. The van der Waals surface area contributed by atoms with Gasteiger partial charge in [-0.3, -0.25) is 0 Å². The average molecular weight is 286 g/mol. The lowest BCUT2D eigenvalue weighted by molar-refractivity contribution is 0.148. The van der Waals surface area contributed by atoms with Crippen molar-refractivity contribution < 1.29 is 4.74 Å². The van der Waals surface area contributed by atoms with Gasteiger partial charge >= 0.3 is 0 Å². The molecule has 0 aliphatic heterocycles. The number of hydrogen-bond donors (Lipinski definition) is 0. The first-order valence-corrected chi connectivity index (χ1v) is 9.08. The summed E-state index contributed by atoms with van der Waals surface area (Å²) in [6.07, 6.45) is 14.3. The van der Waals surface area contributed by atoms with Gasteiger partial charge in [-0.15, -0.1) is 0 Å². The van der Waals surface area contributed by atoms with Crippen LogP contribution in [0, 0.1) is 5.92 Å². The quantitative estimate of drug-likeness (QED) is 0.673. The zero-order valence-electron chi connectivity index (χ0n) is 13.6. The second kappa shape index (κ2) is 6.85. The molecule has 1 aromatic carbocycles. The first-order valence-electron chi connectivity index (χ1n) is 9.08. The minimum absolute atomic E-state index is 0.476. The van der Waals surface area contributed by atoms with Crippen LogP contribution in [-0.4, -0.2) is 6.61 Å². The Morgan fingerprint density at radius 1 is 0.905 bits per heavy atom. The summed E-state index contributed by atoms with van der Waals surface area (Å²) in [7, 11) is 0. The van der Waals surface area contributed by atoms with Crippen molar-refractivity contribution in [2.75, 3.05) is 6.61 Å². The van der Waals surface area contributed by atoms with Gasteiger partial charge in [-0.25, -0.2) is 0 Å². The van der Waals surface area contributed by atoms with Crippen LogP contribution in [-0.2, 0) is 5.41 Å². The van der Waals surface area contributed by atoms with Gasteiger partial charge in [-0.1, -0.05) is 50.7 Å². The Morgan fingerprint density at radius 2 is 1.52 bits per heavy atom. The molecule has 0 saturated heterocycles. The fraction of sp³-hybridized carbons (Fsp3) is 0.700. The van der Waals surface area contributed by atoms with E-state index >= 15 is 0 Å². The maximum Gasteiger partial charge on any atom is 0.119 e. The Balaban J connectivity index is 1.86. The largest absolute Gasteiger partial charge is 0.494 e. The number of ether oxygens (including phenoxy) is 1. The molecule has 0 amide bonds. The predicted octanol–water partition coefficient (Wildman–Crippen LogP) is 5.87. The zero-order chi connectivity index (χ0) is 14.5. The second-order valence-electron chi connectivity index (χ2n) is 7.01. The normalized spacial score (nSPS) is 22.9. The maximum atomic E-state index is 5.63. The number of hydrogen-bond acceptors (Lipinski definition) is 1. The highest BCUT2D eigenvalue weighted by molar-refractivity contribution is 5.33. The Bertz CT molecular complexity index is 422. The molecule has 0 atom stereocenters. The fourth-order valence-corrected chi connectivity index (χ4v) is 4.82. The van der Waals surface area contributed by atoms with Crippen molar-refractivity contribution in [3.05, 3.63) is 29.8 Å². The van der Waals surface area contributed by atoms with E-state index in [0.717, 1.165) is 18.3 Å². The summed E-state index contributed by atoms with van der Waals surface area (Å²) < 4.78 is 5.63. The molecule has 0 radical (unpaired) electrons. The van der Waals surface area contributed by atoms with E-state index in [-0.39, 0.29) is 0 Å². The van der Waals surface area contributed by atoms with Crippen LogP contribution in [0.1, 0.15) is 76.7 Å². The SMILES string of the molecule is CCOc1ccc(C2(C3CCCCC3)CCCCC2)cc1. The Hall–Kier alpha value is -0.980. The van der Waals surface area contributed by atoms with Gasteiger partial charge in [0.1, 0.15) is 5.75 Å². The third kappa shape index (κ3) is 3.12. The highest BCUT2D eigenvalue weighted by Gasteiger charge is 2.41.